The van der Waals surface area contributed by atoms with Gasteiger partial charge in [-0.15, -0.1) is 0 Å². The first-order valence-electron chi connectivity index (χ1n) is 9.32. The molecule has 2 N–H and O–H groups in total. The third-order valence-corrected chi connectivity index (χ3v) is 3.60. The van der Waals surface area contributed by atoms with Gasteiger partial charge in [0.05, 0.1) is 17.8 Å². The average Bonchev–Trinajstić information content (AvgIpc) is 2.44. The minimum atomic E-state index is -0.661. The Kier molecular flexibility index (Phi) is 7.29. The summed E-state index contributed by atoms with van der Waals surface area (Å²) in [6.45, 7) is 15.0. The van der Waals surface area contributed by atoms with E-state index in [0.717, 1.165) is 5.56 Å². The van der Waals surface area contributed by atoms with Gasteiger partial charge in [0.1, 0.15) is 11.2 Å². The van der Waals surface area contributed by atoms with Crippen molar-refractivity contribution in [3.8, 4) is 0 Å². The normalized spacial score (nSPS) is 12.0. The van der Waals surface area contributed by atoms with Crippen LogP contribution < -0.4 is 10.6 Å². The van der Waals surface area contributed by atoms with Crippen LogP contribution in [0.1, 0.15) is 73.3 Å². The minimum Gasteiger partial charge on any atom is -0.460 e. The van der Waals surface area contributed by atoms with E-state index in [1.165, 1.54) is 4.90 Å². The second kappa shape index (κ2) is 8.63. The van der Waals surface area contributed by atoms with Gasteiger partial charge in [0.2, 0.25) is 0 Å². The Labute approximate surface area is 163 Å². The molecule has 0 fully saturated rings. The second-order valence-corrected chi connectivity index (χ2v) is 8.90. The summed E-state index contributed by atoms with van der Waals surface area (Å²) in [5.41, 5.74) is 7.09. The molecule has 0 unspecified atom stereocenters. The van der Waals surface area contributed by atoms with Gasteiger partial charge < -0.3 is 15.2 Å². The van der Waals surface area contributed by atoms with Crippen LogP contribution in [0, 0.1) is 0 Å². The van der Waals surface area contributed by atoms with Crippen LogP contribution in [-0.2, 0) is 14.3 Å². The van der Waals surface area contributed by atoms with Gasteiger partial charge in [-0.25, -0.2) is 4.79 Å². The molecule has 6 nitrogen and oxygen atoms in total. The molecule has 1 amide bonds. The number of carbonyl (C=O) groups excluding carboxylic acids is 2. The number of esters is 1. The molecule has 0 spiro atoms. The molecule has 0 aromatic heterocycles. The molecule has 1 aromatic rings. The van der Waals surface area contributed by atoms with E-state index in [1.807, 2.05) is 26.0 Å². The summed E-state index contributed by atoms with van der Waals surface area (Å²) in [6, 6.07) is 5.55. The summed E-state index contributed by atoms with van der Waals surface area (Å²) in [4.78, 5) is 26.3. The highest BCUT2D eigenvalue weighted by Crippen LogP contribution is 2.32. The Balaban J connectivity index is 3.14. The molecule has 0 saturated heterocycles. The maximum absolute atomic E-state index is 12.8. The van der Waals surface area contributed by atoms with E-state index >= 15 is 0 Å². The molecule has 0 bridgehead atoms. The Hall–Kier alpha value is -2.24. The Morgan fingerprint density at radius 2 is 1.59 bits per heavy atom. The molecule has 152 valence electrons. The number of para-hydroxylation sites is 1. The van der Waals surface area contributed by atoms with E-state index in [1.54, 1.807) is 47.6 Å². The molecule has 0 atom stereocenters. The monoisotopic (exact) mass is 378 g/mol. The molecule has 0 heterocycles. The lowest BCUT2D eigenvalue weighted by atomic mass is 10.00. The molecule has 1 aromatic carbocycles. The number of rotatable bonds is 5. The van der Waals surface area contributed by atoms with Crippen LogP contribution in [0.3, 0.4) is 0 Å². The molecule has 0 saturated carbocycles. The van der Waals surface area contributed by atoms with E-state index < -0.39 is 17.3 Å². The number of ether oxygens (including phenoxy) is 2. The van der Waals surface area contributed by atoms with Crippen LogP contribution in [0.4, 0.5) is 16.2 Å². The third kappa shape index (κ3) is 7.49. The first kappa shape index (κ1) is 22.8. The average molecular weight is 379 g/mol. The summed E-state index contributed by atoms with van der Waals surface area (Å²) in [6.07, 6.45) is -0.499. The highest BCUT2D eigenvalue weighted by Gasteiger charge is 2.27. The van der Waals surface area contributed by atoms with Crippen molar-refractivity contribution in [2.75, 3.05) is 17.2 Å². The van der Waals surface area contributed by atoms with Crippen LogP contribution in [-0.4, -0.2) is 29.8 Å². The van der Waals surface area contributed by atoms with Crippen molar-refractivity contribution in [2.24, 2.45) is 0 Å². The lowest BCUT2D eigenvalue weighted by molar-refractivity contribution is -0.154. The predicted molar refractivity (Wildman–Crippen MR) is 109 cm³/mol. The largest absolute Gasteiger partial charge is 0.460 e. The van der Waals surface area contributed by atoms with Crippen molar-refractivity contribution >= 4 is 23.4 Å². The van der Waals surface area contributed by atoms with Gasteiger partial charge in [0.15, 0.2) is 0 Å². The van der Waals surface area contributed by atoms with Crippen molar-refractivity contribution in [1.29, 1.82) is 0 Å². The van der Waals surface area contributed by atoms with Gasteiger partial charge in [0, 0.05) is 6.54 Å². The molecule has 1 rings (SSSR count). The SMILES string of the molecule is CC(C)c1cccc(N(CCC(=O)OC(C)(C)C)C(=O)OC(C)(C)C)c1N. The second-order valence-electron chi connectivity index (χ2n) is 8.90. The van der Waals surface area contributed by atoms with Crippen LogP contribution in [0.25, 0.3) is 0 Å². The molecule has 0 aliphatic heterocycles. The lowest BCUT2D eigenvalue weighted by Crippen LogP contribution is -2.39. The smallest absolute Gasteiger partial charge is 0.414 e. The summed E-state index contributed by atoms with van der Waals surface area (Å²) < 4.78 is 10.9. The first-order valence-corrected chi connectivity index (χ1v) is 9.32. The van der Waals surface area contributed by atoms with Gasteiger partial charge in [-0.05, 0) is 59.1 Å². The van der Waals surface area contributed by atoms with E-state index in [2.05, 4.69) is 0 Å². The Morgan fingerprint density at radius 1 is 1.04 bits per heavy atom. The van der Waals surface area contributed by atoms with Gasteiger partial charge in [0.25, 0.3) is 0 Å². The Bertz CT molecular complexity index is 670. The molecular formula is C21H34N2O4. The highest BCUT2D eigenvalue weighted by atomic mass is 16.6. The quantitative estimate of drug-likeness (QED) is 0.584. The summed E-state index contributed by atoms with van der Waals surface area (Å²) in [5, 5.41) is 0. The van der Waals surface area contributed by atoms with Crippen molar-refractivity contribution in [1.82, 2.24) is 0 Å². The molecule has 6 heteroatoms. The van der Waals surface area contributed by atoms with Crippen LogP contribution >= 0.6 is 0 Å². The van der Waals surface area contributed by atoms with Gasteiger partial charge in [-0.3, -0.25) is 9.69 Å². The highest BCUT2D eigenvalue weighted by molar-refractivity contribution is 5.93. The summed E-state index contributed by atoms with van der Waals surface area (Å²) in [5.74, 6) is -0.175. The van der Waals surface area contributed by atoms with E-state index in [4.69, 9.17) is 15.2 Å². The van der Waals surface area contributed by atoms with Crippen LogP contribution in [0.5, 0.6) is 0 Å². The zero-order valence-electron chi connectivity index (χ0n) is 17.9. The van der Waals surface area contributed by atoms with Crippen LogP contribution in [0.2, 0.25) is 0 Å². The predicted octanol–water partition coefficient (Wildman–Crippen LogP) is 4.87. The molecule has 0 aliphatic rings. The van der Waals surface area contributed by atoms with E-state index in [9.17, 15) is 9.59 Å². The maximum atomic E-state index is 12.8. The fourth-order valence-corrected chi connectivity index (χ4v) is 2.53. The molecule has 0 radical (unpaired) electrons. The number of nitrogens with zero attached hydrogens (tertiary/aromatic N) is 1. The van der Waals surface area contributed by atoms with Crippen molar-refractivity contribution in [3.05, 3.63) is 23.8 Å². The number of anilines is 2. The van der Waals surface area contributed by atoms with E-state index in [-0.39, 0.29) is 24.9 Å². The maximum Gasteiger partial charge on any atom is 0.414 e. The molecule has 27 heavy (non-hydrogen) atoms. The zero-order chi connectivity index (χ0) is 21.0. The van der Waals surface area contributed by atoms with Gasteiger partial charge in [-0.1, -0.05) is 26.0 Å². The standard InChI is InChI=1S/C21H34N2O4/c1-14(2)15-10-9-11-16(18(15)22)23(19(25)27-21(6,7)8)13-12-17(24)26-20(3,4)5/h9-11,14H,12-13,22H2,1-8H3. The van der Waals surface area contributed by atoms with Crippen molar-refractivity contribution < 1.29 is 19.1 Å². The van der Waals surface area contributed by atoms with Crippen molar-refractivity contribution in [2.45, 2.75) is 78.9 Å². The summed E-state index contributed by atoms with van der Waals surface area (Å²) in [7, 11) is 0. The summed E-state index contributed by atoms with van der Waals surface area (Å²) >= 11 is 0. The fourth-order valence-electron chi connectivity index (χ4n) is 2.53. The lowest BCUT2D eigenvalue weighted by Gasteiger charge is -2.29. The molecule has 0 aliphatic carbocycles. The number of carbonyl (C=O) groups is 2. The van der Waals surface area contributed by atoms with Crippen LogP contribution in [0.15, 0.2) is 18.2 Å². The number of hydrogen-bond donors (Lipinski definition) is 1. The van der Waals surface area contributed by atoms with Gasteiger partial charge >= 0.3 is 12.1 Å². The number of amides is 1. The number of hydrogen-bond acceptors (Lipinski definition) is 5. The Morgan fingerprint density at radius 3 is 2.07 bits per heavy atom. The third-order valence-electron chi connectivity index (χ3n) is 3.60. The number of nitrogen functional groups attached to an aromatic ring is 1. The number of benzene rings is 1. The first-order chi connectivity index (χ1) is 12.2. The fraction of sp³-hybridized carbons (Fsp3) is 0.619. The van der Waals surface area contributed by atoms with E-state index in [0.29, 0.717) is 11.4 Å². The minimum absolute atomic E-state index is 0.0435. The van der Waals surface area contributed by atoms with Crippen molar-refractivity contribution in [3.63, 3.8) is 0 Å². The molecular weight excluding hydrogens is 344 g/mol. The zero-order valence-corrected chi connectivity index (χ0v) is 17.9. The topological polar surface area (TPSA) is 81.9 Å². The number of nitrogens with two attached hydrogens (primary N) is 1. The van der Waals surface area contributed by atoms with Gasteiger partial charge in [-0.2, -0.15) is 0 Å².